The van der Waals surface area contributed by atoms with Gasteiger partial charge in [-0.3, -0.25) is 18.5 Å². The van der Waals surface area contributed by atoms with Crippen LogP contribution in [0.4, 0.5) is 0 Å². The maximum atomic E-state index is 12.1. The third-order valence-corrected chi connectivity index (χ3v) is 6.51. The number of rotatable bonds is 11. The van der Waals surface area contributed by atoms with E-state index in [9.17, 15) is 54.7 Å². The third kappa shape index (κ3) is 9.70. The highest BCUT2D eigenvalue weighted by atomic mass is 32.3. The monoisotopic (exact) mass is 651 g/mol. The van der Waals surface area contributed by atoms with E-state index < -0.39 is 111 Å². The Kier molecular flexibility index (Phi) is 11.3. The molecule has 2 aliphatic heterocycles. The number of hydrogen-bond acceptors (Lipinski definition) is 18. The van der Waals surface area contributed by atoms with Crippen molar-refractivity contribution in [2.45, 2.75) is 68.3 Å². The molecule has 0 saturated carbocycles. The molecule has 0 radical (unpaired) electrons. The predicted octanol–water partition coefficient (Wildman–Crippen LogP) is -5.59. The standard InChI is InChI=1S/C15H25NO21S3/c1-4(17)16-6-10(9(36-39(25,26)27)5(33-13(6)20)3-32-38(22,23)24)34-15-8(19)11(37-40(28,29)30)7(18)12(35-15)14(21)31-2/h5-13,15,18-20H,3H2,1-2H3,(H,16,17)(H,22,23,24)(H,25,26,27)(H,28,29,30)/t5-,6-,7+,8-,9-,10-,11+,12+,13-,15-/m1/s1. The first-order valence-electron chi connectivity index (χ1n) is 10.4. The van der Waals surface area contributed by atoms with Crippen molar-refractivity contribution >= 4 is 43.1 Å². The highest BCUT2D eigenvalue weighted by Gasteiger charge is 2.55. The molecule has 0 aromatic rings. The van der Waals surface area contributed by atoms with Gasteiger partial charge in [0.05, 0.1) is 13.7 Å². The number of nitrogens with one attached hydrogen (secondary N) is 1. The Bertz CT molecular complexity index is 1240. The molecular formula is C15H25NO21S3. The fourth-order valence-electron chi connectivity index (χ4n) is 3.68. The van der Waals surface area contributed by atoms with Crippen LogP contribution in [0.15, 0.2) is 0 Å². The van der Waals surface area contributed by atoms with Crippen molar-refractivity contribution < 1.29 is 95.3 Å². The number of esters is 1. The van der Waals surface area contributed by atoms with E-state index in [1.54, 1.807) is 0 Å². The summed E-state index contributed by atoms with van der Waals surface area (Å²) in [5, 5.41) is 33.4. The van der Waals surface area contributed by atoms with Crippen molar-refractivity contribution in [3.63, 3.8) is 0 Å². The van der Waals surface area contributed by atoms with E-state index in [2.05, 4.69) is 17.3 Å². The van der Waals surface area contributed by atoms with Gasteiger partial charge in [0.15, 0.2) is 18.7 Å². The molecule has 0 aliphatic carbocycles. The van der Waals surface area contributed by atoms with Gasteiger partial charge >= 0.3 is 37.2 Å². The molecule has 22 nitrogen and oxygen atoms in total. The largest absolute Gasteiger partial charge is 0.467 e. The molecule has 0 aromatic heterocycles. The summed E-state index contributed by atoms with van der Waals surface area (Å²) in [6.45, 7) is -0.434. The van der Waals surface area contributed by atoms with Gasteiger partial charge in [-0.2, -0.15) is 25.3 Å². The second kappa shape index (κ2) is 13.1. The summed E-state index contributed by atoms with van der Waals surface area (Å²) >= 11 is 0. The topological polar surface area (TPSA) is 335 Å². The summed E-state index contributed by atoms with van der Waals surface area (Å²) in [6.07, 6.45) is -20.7. The maximum Gasteiger partial charge on any atom is 0.397 e. The van der Waals surface area contributed by atoms with Crippen molar-refractivity contribution in [2.75, 3.05) is 13.7 Å². The molecule has 2 aliphatic rings. The molecule has 0 bridgehead atoms. The van der Waals surface area contributed by atoms with Crippen LogP contribution in [0.2, 0.25) is 0 Å². The number of aliphatic hydroxyl groups excluding tert-OH is 3. The lowest BCUT2D eigenvalue weighted by Gasteiger charge is -2.47. The number of amides is 1. The minimum Gasteiger partial charge on any atom is -0.467 e. The summed E-state index contributed by atoms with van der Waals surface area (Å²) < 4.78 is 127. The van der Waals surface area contributed by atoms with E-state index in [1.165, 1.54) is 0 Å². The first-order chi connectivity index (χ1) is 18.1. The van der Waals surface area contributed by atoms with E-state index in [1.807, 2.05) is 5.32 Å². The maximum absolute atomic E-state index is 12.1. The van der Waals surface area contributed by atoms with E-state index >= 15 is 0 Å². The van der Waals surface area contributed by atoms with Crippen LogP contribution in [-0.2, 0) is 72.3 Å². The Morgan fingerprint density at radius 1 is 0.825 bits per heavy atom. The highest BCUT2D eigenvalue weighted by Crippen LogP contribution is 2.32. The summed E-state index contributed by atoms with van der Waals surface area (Å²) in [4.78, 5) is 23.9. The lowest BCUT2D eigenvalue weighted by atomic mass is 9.95. The van der Waals surface area contributed by atoms with E-state index in [-0.39, 0.29) is 0 Å². The highest BCUT2D eigenvalue weighted by molar-refractivity contribution is 7.81. The molecule has 2 saturated heterocycles. The lowest BCUT2D eigenvalue weighted by molar-refractivity contribution is -0.332. The molecule has 0 spiro atoms. The molecule has 2 fully saturated rings. The molecule has 25 heteroatoms. The number of ether oxygens (including phenoxy) is 4. The fraction of sp³-hybridized carbons (Fsp3) is 0.867. The Morgan fingerprint density at radius 3 is 1.85 bits per heavy atom. The molecule has 10 atom stereocenters. The minimum absolute atomic E-state index is 0.801. The van der Waals surface area contributed by atoms with Crippen LogP contribution in [0.5, 0.6) is 0 Å². The molecule has 234 valence electrons. The van der Waals surface area contributed by atoms with Crippen LogP contribution < -0.4 is 5.32 Å². The van der Waals surface area contributed by atoms with Crippen LogP contribution in [0.25, 0.3) is 0 Å². The SMILES string of the molecule is COC(=O)[C@H]1O[C@@H](O[C@@H]2[C@@H](NC(C)=O)[C@H](O)O[C@H](COS(=O)(=O)O)[C@H]2OS(=O)(=O)O)[C@H](O)[C@@H](OS(=O)(=O)O)[C@@H]1O. The minimum atomic E-state index is -5.52. The number of methoxy groups -OCH3 is 1. The van der Waals surface area contributed by atoms with Crippen molar-refractivity contribution in [3.8, 4) is 0 Å². The van der Waals surface area contributed by atoms with Gasteiger partial charge in [-0.25, -0.2) is 17.3 Å². The molecule has 0 aromatic carbocycles. The van der Waals surface area contributed by atoms with Crippen LogP contribution in [0, 0.1) is 0 Å². The zero-order chi connectivity index (χ0) is 30.8. The first kappa shape index (κ1) is 34.5. The van der Waals surface area contributed by atoms with Gasteiger partial charge in [0.2, 0.25) is 5.91 Å². The number of aliphatic hydroxyl groups is 3. The molecule has 0 unspecified atom stereocenters. The average molecular weight is 652 g/mol. The van der Waals surface area contributed by atoms with Crippen molar-refractivity contribution in [2.24, 2.45) is 0 Å². The van der Waals surface area contributed by atoms with E-state index in [0.717, 1.165) is 14.0 Å². The summed E-state index contributed by atoms with van der Waals surface area (Å²) in [6, 6.07) is -1.92. The molecule has 2 rings (SSSR count). The predicted molar refractivity (Wildman–Crippen MR) is 116 cm³/mol. The lowest BCUT2D eigenvalue weighted by Crippen LogP contribution is -2.68. The van der Waals surface area contributed by atoms with Gasteiger partial charge in [0.1, 0.15) is 42.7 Å². The number of carbonyl (C=O) groups is 2. The van der Waals surface area contributed by atoms with Gasteiger partial charge in [-0.15, -0.1) is 0 Å². The summed E-state index contributed by atoms with van der Waals surface area (Å²) in [5.41, 5.74) is 0. The Labute approximate surface area is 225 Å². The van der Waals surface area contributed by atoms with Crippen LogP contribution in [-0.4, -0.2) is 141 Å². The molecule has 40 heavy (non-hydrogen) atoms. The van der Waals surface area contributed by atoms with Crippen LogP contribution >= 0.6 is 0 Å². The fourth-order valence-corrected chi connectivity index (χ4v) is 5.01. The zero-order valence-corrected chi connectivity index (χ0v) is 22.5. The van der Waals surface area contributed by atoms with Gasteiger partial charge in [-0.1, -0.05) is 0 Å². The van der Waals surface area contributed by atoms with Gasteiger partial charge < -0.3 is 39.6 Å². The van der Waals surface area contributed by atoms with Crippen LogP contribution in [0.1, 0.15) is 6.92 Å². The molecule has 1 amide bonds. The summed E-state index contributed by atoms with van der Waals surface area (Å²) in [7, 11) is -15.4. The number of carbonyl (C=O) groups excluding carboxylic acids is 2. The van der Waals surface area contributed by atoms with E-state index in [0.29, 0.717) is 0 Å². The second-order valence-electron chi connectivity index (χ2n) is 8.01. The summed E-state index contributed by atoms with van der Waals surface area (Å²) in [5.74, 6) is -2.35. The number of hydrogen-bond donors (Lipinski definition) is 7. The van der Waals surface area contributed by atoms with Crippen LogP contribution in [0.3, 0.4) is 0 Å². The Hall–Kier alpha value is -1.69. The zero-order valence-electron chi connectivity index (χ0n) is 20.0. The van der Waals surface area contributed by atoms with Gasteiger partial charge in [-0.05, 0) is 0 Å². The van der Waals surface area contributed by atoms with Gasteiger partial charge in [0, 0.05) is 6.92 Å². The smallest absolute Gasteiger partial charge is 0.397 e. The molecule has 7 N–H and O–H groups in total. The van der Waals surface area contributed by atoms with Crippen molar-refractivity contribution in [1.29, 1.82) is 0 Å². The van der Waals surface area contributed by atoms with E-state index in [4.69, 9.17) is 23.3 Å². The Balaban J connectivity index is 2.58. The second-order valence-corrected chi connectivity index (χ2v) is 11.2. The van der Waals surface area contributed by atoms with Gasteiger partial charge in [0.25, 0.3) is 0 Å². The van der Waals surface area contributed by atoms with Crippen molar-refractivity contribution in [3.05, 3.63) is 0 Å². The molecular weight excluding hydrogens is 626 g/mol. The quantitative estimate of drug-likeness (QED) is 0.0808. The Morgan fingerprint density at radius 2 is 1.38 bits per heavy atom. The normalized spacial score (nSPS) is 35.6. The van der Waals surface area contributed by atoms with Crippen molar-refractivity contribution in [1.82, 2.24) is 5.32 Å². The molecule has 2 heterocycles. The first-order valence-corrected chi connectivity index (χ1v) is 14.5. The average Bonchev–Trinajstić information content (AvgIpc) is 2.78. The third-order valence-electron chi connectivity index (χ3n) is 5.15.